The van der Waals surface area contributed by atoms with E-state index in [1.54, 1.807) is 16.8 Å². The van der Waals surface area contributed by atoms with Gasteiger partial charge in [-0.1, -0.05) is 58.9 Å². The number of amides is 1. The topological polar surface area (TPSA) is 139 Å². The van der Waals surface area contributed by atoms with E-state index in [2.05, 4.69) is 66.9 Å². The van der Waals surface area contributed by atoms with Crippen LogP contribution in [0.1, 0.15) is 52.0 Å². The second-order valence-corrected chi connectivity index (χ2v) is 11.9. The number of nitrogens with zero attached hydrogens (tertiary/aromatic N) is 4. The summed E-state index contributed by atoms with van der Waals surface area (Å²) >= 11 is 0. The van der Waals surface area contributed by atoms with Gasteiger partial charge in [0, 0.05) is 32.4 Å². The van der Waals surface area contributed by atoms with Crippen LogP contribution in [0.15, 0.2) is 42.9 Å². The Morgan fingerprint density at radius 3 is 2.54 bits per heavy atom. The van der Waals surface area contributed by atoms with Crippen molar-refractivity contribution in [3.05, 3.63) is 54.0 Å². The Hall–Kier alpha value is -3.05. The number of nitrogens with two attached hydrogens (primary N) is 1. The first-order valence-corrected chi connectivity index (χ1v) is 13.6. The number of aliphatic hydroxyl groups is 2. The van der Waals surface area contributed by atoms with Crippen LogP contribution in [-0.4, -0.2) is 80.0 Å². The van der Waals surface area contributed by atoms with Crippen molar-refractivity contribution in [2.24, 2.45) is 5.92 Å². The summed E-state index contributed by atoms with van der Waals surface area (Å²) in [5, 5.41) is 24.7. The van der Waals surface area contributed by atoms with Crippen LogP contribution >= 0.6 is 0 Å². The molecule has 5 N–H and O–H groups in total. The average molecular weight is 539 g/mol. The highest BCUT2D eigenvalue weighted by Crippen LogP contribution is 2.32. The Bertz CT molecular complexity index is 1250. The third-order valence-electron chi connectivity index (χ3n) is 7.10. The summed E-state index contributed by atoms with van der Waals surface area (Å²) in [6.07, 6.45) is -0.284. The van der Waals surface area contributed by atoms with Gasteiger partial charge in [-0.05, 0) is 28.5 Å². The number of aliphatic hydroxyl groups excluding tert-OH is 2. The molecule has 212 valence electrons. The van der Waals surface area contributed by atoms with Crippen LogP contribution in [0, 0.1) is 5.92 Å². The molecule has 1 amide bonds. The minimum atomic E-state index is -1.15. The highest BCUT2D eigenvalue weighted by atomic mass is 16.6. The van der Waals surface area contributed by atoms with E-state index in [-0.39, 0.29) is 11.3 Å². The van der Waals surface area contributed by atoms with E-state index in [9.17, 15) is 15.0 Å². The van der Waals surface area contributed by atoms with Crippen molar-refractivity contribution in [1.82, 2.24) is 24.8 Å². The molecule has 0 radical (unpaired) electrons. The number of carbonyl (C=O) groups is 1. The second kappa shape index (κ2) is 12.0. The number of hydrogen-bond donors (Lipinski definition) is 4. The van der Waals surface area contributed by atoms with Gasteiger partial charge in [0.15, 0.2) is 11.9 Å². The first-order chi connectivity index (χ1) is 18.4. The molecule has 2 aromatic heterocycles. The summed E-state index contributed by atoms with van der Waals surface area (Å²) in [5.41, 5.74) is 9.78. The van der Waals surface area contributed by atoms with Gasteiger partial charge in [-0.3, -0.25) is 14.3 Å². The minimum Gasteiger partial charge on any atom is -0.397 e. The van der Waals surface area contributed by atoms with Crippen LogP contribution in [0.2, 0.25) is 0 Å². The lowest BCUT2D eigenvalue weighted by Gasteiger charge is -2.28. The lowest BCUT2D eigenvalue weighted by Crippen LogP contribution is -2.44. The van der Waals surface area contributed by atoms with Crippen LogP contribution in [-0.2, 0) is 21.4 Å². The van der Waals surface area contributed by atoms with Crippen LogP contribution in [0.3, 0.4) is 0 Å². The zero-order chi connectivity index (χ0) is 28.3. The predicted octanol–water partition coefficient (Wildman–Crippen LogP) is 2.25. The summed E-state index contributed by atoms with van der Waals surface area (Å²) in [6.45, 7) is 12.9. The lowest BCUT2D eigenvalue weighted by atomic mass is 9.86. The fraction of sp³-hybridized carbons (Fsp3) is 0.552. The number of aromatic nitrogens is 3. The quantitative estimate of drug-likeness (QED) is 0.308. The molecule has 1 aliphatic heterocycles. The molecule has 3 aromatic rings. The SMILES string of the molecule is CC(C)CN(CCNC(=O)Cc1ccc(C(C)(C)C)cc1)C[C@H]1O[C@@H](n2cnc3c(N)ccnc32)[C@H](O)[C@@H]1O. The van der Waals surface area contributed by atoms with Gasteiger partial charge in [-0.2, -0.15) is 0 Å². The smallest absolute Gasteiger partial charge is 0.224 e. The molecule has 1 aliphatic rings. The molecule has 1 saturated heterocycles. The number of pyridine rings is 1. The summed E-state index contributed by atoms with van der Waals surface area (Å²) in [6, 6.07) is 9.85. The van der Waals surface area contributed by atoms with E-state index in [1.807, 2.05) is 12.1 Å². The number of anilines is 1. The van der Waals surface area contributed by atoms with Gasteiger partial charge >= 0.3 is 0 Å². The molecule has 0 saturated carbocycles. The van der Waals surface area contributed by atoms with Crippen molar-refractivity contribution in [2.75, 3.05) is 31.9 Å². The van der Waals surface area contributed by atoms with E-state index >= 15 is 0 Å². The molecule has 10 nitrogen and oxygen atoms in total. The third kappa shape index (κ3) is 6.94. The van der Waals surface area contributed by atoms with Gasteiger partial charge in [0.25, 0.3) is 0 Å². The van der Waals surface area contributed by atoms with Crippen LogP contribution < -0.4 is 11.1 Å². The maximum Gasteiger partial charge on any atom is 0.224 e. The average Bonchev–Trinajstić information content (AvgIpc) is 3.41. The van der Waals surface area contributed by atoms with Gasteiger partial charge in [-0.15, -0.1) is 0 Å². The molecule has 0 spiro atoms. The highest BCUT2D eigenvalue weighted by molar-refractivity contribution is 5.83. The highest BCUT2D eigenvalue weighted by Gasteiger charge is 2.44. The molecular weight excluding hydrogens is 496 g/mol. The Kier molecular flexibility index (Phi) is 8.90. The molecular formula is C29H42N6O4. The van der Waals surface area contributed by atoms with E-state index in [0.717, 1.165) is 12.1 Å². The van der Waals surface area contributed by atoms with Gasteiger partial charge in [0.1, 0.15) is 23.8 Å². The number of fused-ring (bicyclic) bond motifs is 1. The van der Waals surface area contributed by atoms with E-state index < -0.39 is 24.5 Å². The number of benzene rings is 1. The zero-order valence-electron chi connectivity index (χ0n) is 23.5. The standard InChI is InChI=1S/C29H42N6O4/c1-18(2)15-34(13-12-31-23(36)14-19-6-8-20(9-7-19)29(3,4)5)16-22-25(37)26(38)28(39-22)35-17-33-24-21(30)10-11-32-27(24)35/h6-11,17-18,22,25-26,28,37-38H,12-16H2,1-5H3,(H2,30,32)(H,31,36)/t22-,25-,26-,28-/m1/s1. The third-order valence-corrected chi connectivity index (χ3v) is 7.10. The molecule has 1 fully saturated rings. The van der Waals surface area contributed by atoms with Crippen LogP contribution in [0.4, 0.5) is 5.69 Å². The zero-order valence-corrected chi connectivity index (χ0v) is 23.5. The molecule has 3 heterocycles. The van der Waals surface area contributed by atoms with Crippen molar-refractivity contribution in [1.29, 1.82) is 0 Å². The summed E-state index contributed by atoms with van der Waals surface area (Å²) in [5.74, 6) is 0.334. The Morgan fingerprint density at radius 1 is 1.15 bits per heavy atom. The number of ether oxygens (including phenoxy) is 1. The van der Waals surface area contributed by atoms with Gasteiger partial charge in [0.2, 0.25) is 5.91 Å². The molecule has 10 heteroatoms. The molecule has 0 bridgehead atoms. The number of carbonyl (C=O) groups excluding carboxylic acids is 1. The monoisotopic (exact) mass is 538 g/mol. The van der Waals surface area contributed by atoms with Gasteiger partial charge in [-0.25, -0.2) is 9.97 Å². The molecule has 0 unspecified atom stereocenters. The fourth-order valence-electron chi connectivity index (χ4n) is 5.00. The van der Waals surface area contributed by atoms with E-state index in [0.29, 0.717) is 48.8 Å². The lowest BCUT2D eigenvalue weighted by molar-refractivity contribution is -0.120. The van der Waals surface area contributed by atoms with Crippen molar-refractivity contribution in [3.63, 3.8) is 0 Å². The normalized spacial score (nSPS) is 21.8. The number of hydrogen-bond acceptors (Lipinski definition) is 8. The van der Waals surface area contributed by atoms with Crippen molar-refractivity contribution in [2.45, 2.75) is 71.0 Å². The van der Waals surface area contributed by atoms with Gasteiger partial charge < -0.3 is 26.0 Å². The van der Waals surface area contributed by atoms with Crippen molar-refractivity contribution < 1.29 is 19.7 Å². The number of rotatable bonds is 10. The van der Waals surface area contributed by atoms with E-state index in [4.69, 9.17) is 10.5 Å². The maximum absolute atomic E-state index is 12.6. The fourth-order valence-corrected chi connectivity index (χ4v) is 5.00. The molecule has 4 atom stereocenters. The van der Waals surface area contributed by atoms with Gasteiger partial charge in [0.05, 0.1) is 18.4 Å². The molecule has 1 aromatic carbocycles. The first-order valence-electron chi connectivity index (χ1n) is 13.6. The number of nitrogens with one attached hydrogen (secondary N) is 1. The maximum atomic E-state index is 12.6. The van der Waals surface area contributed by atoms with Crippen LogP contribution in [0.5, 0.6) is 0 Å². The Balaban J connectivity index is 1.33. The summed E-state index contributed by atoms with van der Waals surface area (Å²) in [4.78, 5) is 23.4. The van der Waals surface area contributed by atoms with Crippen LogP contribution in [0.25, 0.3) is 11.2 Å². The molecule has 39 heavy (non-hydrogen) atoms. The summed E-state index contributed by atoms with van der Waals surface area (Å²) in [7, 11) is 0. The minimum absolute atomic E-state index is 0.0330. The van der Waals surface area contributed by atoms with E-state index in [1.165, 1.54) is 11.9 Å². The van der Waals surface area contributed by atoms with Crippen molar-refractivity contribution in [3.8, 4) is 0 Å². The number of imidazole rings is 1. The first kappa shape index (κ1) is 28.9. The largest absolute Gasteiger partial charge is 0.397 e. The Morgan fingerprint density at radius 2 is 1.87 bits per heavy atom. The van der Waals surface area contributed by atoms with Crippen molar-refractivity contribution >= 4 is 22.8 Å². The molecule has 0 aliphatic carbocycles. The number of nitrogen functional groups attached to an aromatic ring is 1. The summed E-state index contributed by atoms with van der Waals surface area (Å²) < 4.78 is 7.76. The molecule has 4 rings (SSSR count). The Labute approximate surface area is 230 Å². The second-order valence-electron chi connectivity index (χ2n) is 11.9. The predicted molar refractivity (Wildman–Crippen MR) is 151 cm³/mol.